The molecule has 1 fully saturated rings. The van der Waals surface area contributed by atoms with Gasteiger partial charge in [0.2, 0.25) is 0 Å². The van der Waals surface area contributed by atoms with Crippen LogP contribution in [0.25, 0.3) is 0 Å². The van der Waals surface area contributed by atoms with Crippen molar-refractivity contribution in [3.63, 3.8) is 0 Å². The Hall–Kier alpha value is -1.00. The van der Waals surface area contributed by atoms with Crippen LogP contribution < -0.4 is 5.73 Å². The second kappa shape index (κ2) is 5.10. The summed E-state index contributed by atoms with van der Waals surface area (Å²) < 4.78 is 31.4. The van der Waals surface area contributed by atoms with Gasteiger partial charge >= 0.3 is 0 Å². The molecule has 0 bridgehead atoms. The van der Waals surface area contributed by atoms with E-state index in [2.05, 4.69) is 0 Å². The second-order valence-corrected chi connectivity index (χ2v) is 4.68. The van der Waals surface area contributed by atoms with E-state index in [1.807, 2.05) is 0 Å². The average Bonchev–Trinajstić information content (AvgIpc) is 3.01. The van der Waals surface area contributed by atoms with E-state index in [4.69, 9.17) is 10.5 Å². The fourth-order valence-corrected chi connectivity index (χ4v) is 2.26. The molecule has 2 unspecified atom stereocenters. The van der Waals surface area contributed by atoms with Crippen molar-refractivity contribution in [2.24, 2.45) is 11.7 Å². The van der Waals surface area contributed by atoms with Gasteiger partial charge in [0.15, 0.2) is 0 Å². The zero-order valence-corrected chi connectivity index (χ0v) is 9.83. The third kappa shape index (κ3) is 3.23. The summed E-state index contributed by atoms with van der Waals surface area (Å²) in [4.78, 5) is 0. The van der Waals surface area contributed by atoms with E-state index in [1.165, 1.54) is 12.1 Å². The molecular formula is C13H17F2NO. The normalized spacial score (nSPS) is 19.1. The Morgan fingerprint density at radius 3 is 2.35 bits per heavy atom. The molecule has 94 valence electrons. The first kappa shape index (κ1) is 12.5. The van der Waals surface area contributed by atoms with Gasteiger partial charge in [-0.2, -0.15) is 0 Å². The van der Waals surface area contributed by atoms with Gasteiger partial charge in [-0.15, -0.1) is 0 Å². The van der Waals surface area contributed by atoms with Crippen LogP contribution in [0.15, 0.2) is 18.2 Å². The molecule has 0 saturated heterocycles. The molecule has 1 aromatic carbocycles. The molecule has 2 nitrogen and oxygen atoms in total. The predicted octanol–water partition coefficient (Wildman–Crippen LogP) is 2.26. The first-order chi connectivity index (χ1) is 8.10. The Balaban J connectivity index is 2.03. The molecule has 2 atom stereocenters. The molecular weight excluding hydrogens is 224 g/mol. The molecule has 0 aromatic heterocycles. The lowest BCUT2D eigenvalue weighted by Crippen LogP contribution is -2.39. The lowest BCUT2D eigenvalue weighted by atomic mass is 9.99. The third-order valence-corrected chi connectivity index (χ3v) is 3.17. The lowest BCUT2D eigenvalue weighted by molar-refractivity contribution is 0.0626. The molecule has 4 heteroatoms. The first-order valence-corrected chi connectivity index (χ1v) is 5.83. The SMILES string of the molecule is COC(C(N)Cc1cc(F)cc(F)c1)C1CC1. The maximum absolute atomic E-state index is 13.0. The standard InChI is InChI=1S/C13H17F2NO/c1-17-13(9-2-3-9)12(16)6-8-4-10(14)7-11(15)5-8/h4-5,7,9,12-13H,2-3,6,16H2,1H3. The molecule has 0 radical (unpaired) electrons. The summed E-state index contributed by atoms with van der Waals surface area (Å²) >= 11 is 0. The molecule has 2 rings (SSSR count). The molecule has 1 saturated carbocycles. The smallest absolute Gasteiger partial charge is 0.126 e. The third-order valence-electron chi connectivity index (χ3n) is 3.17. The Labute approximate surface area is 99.8 Å². The topological polar surface area (TPSA) is 35.2 Å². The highest BCUT2D eigenvalue weighted by Gasteiger charge is 2.35. The molecule has 17 heavy (non-hydrogen) atoms. The molecule has 0 amide bonds. The van der Waals surface area contributed by atoms with Gasteiger partial charge in [0.25, 0.3) is 0 Å². The zero-order chi connectivity index (χ0) is 12.4. The maximum atomic E-state index is 13.0. The monoisotopic (exact) mass is 241 g/mol. The van der Waals surface area contributed by atoms with Crippen LogP contribution in [-0.2, 0) is 11.2 Å². The van der Waals surface area contributed by atoms with Gasteiger partial charge in [-0.05, 0) is 42.9 Å². The highest BCUT2D eigenvalue weighted by Crippen LogP contribution is 2.35. The van der Waals surface area contributed by atoms with Gasteiger partial charge in [-0.25, -0.2) is 8.78 Å². The van der Waals surface area contributed by atoms with E-state index < -0.39 is 11.6 Å². The predicted molar refractivity (Wildman–Crippen MR) is 61.6 cm³/mol. The van der Waals surface area contributed by atoms with E-state index in [9.17, 15) is 8.78 Å². The number of hydrogen-bond acceptors (Lipinski definition) is 2. The van der Waals surface area contributed by atoms with Crippen LogP contribution in [-0.4, -0.2) is 19.3 Å². The zero-order valence-electron chi connectivity index (χ0n) is 9.83. The summed E-state index contributed by atoms with van der Waals surface area (Å²) in [5.41, 5.74) is 6.61. The highest BCUT2D eigenvalue weighted by molar-refractivity contribution is 5.19. The quantitative estimate of drug-likeness (QED) is 0.858. The van der Waals surface area contributed by atoms with Crippen molar-refractivity contribution >= 4 is 0 Å². The fraction of sp³-hybridized carbons (Fsp3) is 0.538. The van der Waals surface area contributed by atoms with Crippen LogP contribution in [0.1, 0.15) is 18.4 Å². The van der Waals surface area contributed by atoms with Gasteiger partial charge in [-0.1, -0.05) is 0 Å². The minimum atomic E-state index is -0.562. The van der Waals surface area contributed by atoms with Crippen LogP contribution in [0, 0.1) is 17.6 Å². The number of halogens is 2. The van der Waals surface area contributed by atoms with Gasteiger partial charge in [0.1, 0.15) is 11.6 Å². The van der Waals surface area contributed by atoms with E-state index in [0.29, 0.717) is 17.9 Å². The fourth-order valence-electron chi connectivity index (χ4n) is 2.26. The summed E-state index contributed by atoms with van der Waals surface area (Å²) in [6.45, 7) is 0. The number of benzene rings is 1. The number of rotatable bonds is 5. The lowest BCUT2D eigenvalue weighted by Gasteiger charge is -2.22. The van der Waals surface area contributed by atoms with Crippen molar-refractivity contribution in [1.82, 2.24) is 0 Å². The molecule has 1 aliphatic carbocycles. The molecule has 0 aliphatic heterocycles. The number of ether oxygens (including phenoxy) is 1. The van der Waals surface area contributed by atoms with Gasteiger partial charge in [0.05, 0.1) is 6.10 Å². The Bertz CT molecular complexity index is 373. The Morgan fingerprint density at radius 2 is 1.88 bits per heavy atom. The summed E-state index contributed by atoms with van der Waals surface area (Å²) in [6, 6.07) is 3.29. The van der Waals surface area contributed by atoms with Crippen molar-refractivity contribution in [1.29, 1.82) is 0 Å². The molecule has 1 aromatic rings. The van der Waals surface area contributed by atoms with E-state index in [0.717, 1.165) is 18.9 Å². The average molecular weight is 241 g/mol. The number of methoxy groups -OCH3 is 1. The molecule has 0 heterocycles. The van der Waals surface area contributed by atoms with E-state index in [1.54, 1.807) is 7.11 Å². The Kier molecular flexibility index (Phi) is 3.74. The van der Waals surface area contributed by atoms with Crippen molar-refractivity contribution < 1.29 is 13.5 Å². The second-order valence-electron chi connectivity index (χ2n) is 4.68. The minimum Gasteiger partial charge on any atom is -0.380 e. The van der Waals surface area contributed by atoms with Gasteiger partial charge in [0, 0.05) is 19.2 Å². The summed E-state index contributed by atoms with van der Waals surface area (Å²) in [5.74, 6) is -0.617. The van der Waals surface area contributed by atoms with Crippen LogP contribution in [0.5, 0.6) is 0 Å². The summed E-state index contributed by atoms with van der Waals surface area (Å²) in [5, 5.41) is 0. The van der Waals surface area contributed by atoms with E-state index in [-0.39, 0.29) is 12.1 Å². The van der Waals surface area contributed by atoms with Crippen LogP contribution in [0.2, 0.25) is 0 Å². The van der Waals surface area contributed by atoms with Crippen molar-refractivity contribution in [3.8, 4) is 0 Å². The van der Waals surface area contributed by atoms with Crippen molar-refractivity contribution in [3.05, 3.63) is 35.4 Å². The number of nitrogens with two attached hydrogens (primary N) is 1. The molecule has 0 spiro atoms. The van der Waals surface area contributed by atoms with E-state index >= 15 is 0 Å². The first-order valence-electron chi connectivity index (χ1n) is 5.83. The number of hydrogen-bond donors (Lipinski definition) is 1. The Morgan fingerprint density at radius 1 is 1.29 bits per heavy atom. The van der Waals surface area contributed by atoms with Crippen LogP contribution in [0.4, 0.5) is 8.78 Å². The molecule has 2 N–H and O–H groups in total. The maximum Gasteiger partial charge on any atom is 0.126 e. The summed E-state index contributed by atoms with van der Waals surface area (Å²) in [6.07, 6.45) is 2.68. The van der Waals surface area contributed by atoms with Gasteiger partial charge < -0.3 is 10.5 Å². The van der Waals surface area contributed by atoms with Crippen molar-refractivity contribution in [2.75, 3.05) is 7.11 Å². The molecule has 1 aliphatic rings. The van der Waals surface area contributed by atoms with Crippen LogP contribution in [0.3, 0.4) is 0 Å². The largest absolute Gasteiger partial charge is 0.380 e. The van der Waals surface area contributed by atoms with Crippen LogP contribution >= 0.6 is 0 Å². The van der Waals surface area contributed by atoms with Crippen molar-refractivity contribution in [2.45, 2.75) is 31.4 Å². The summed E-state index contributed by atoms with van der Waals surface area (Å²) in [7, 11) is 1.63. The highest BCUT2D eigenvalue weighted by atomic mass is 19.1. The minimum absolute atomic E-state index is 0.0127. The van der Waals surface area contributed by atoms with Gasteiger partial charge in [-0.3, -0.25) is 0 Å².